The van der Waals surface area contributed by atoms with Crippen LogP contribution < -0.4 is 4.72 Å². The first-order valence-electron chi connectivity index (χ1n) is 4.99. The Bertz CT molecular complexity index is 654. The van der Waals surface area contributed by atoms with Gasteiger partial charge in [0, 0.05) is 23.4 Å². The summed E-state index contributed by atoms with van der Waals surface area (Å²) in [6.45, 7) is 1.69. The van der Waals surface area contributed by atoms with Crippen LogP contribution in [0.25, 0.3) is 0 Å². The van der Waals surface area contributed by atoms with Gasteiger partial charge in [0.05, 0.1) is 0 Å². The van der Waals surface area contributed by atoms with Gasteiger partial charge in [0.25, 0.3) is 0 Å². The van der Waals surface area contributed by atoms with Crippen molar-refractivity contribution in [2.45, 2.75) is 12.7 Å². The zero-order valence-corrected chi connectivity index (χ0v) is 11.0. The highest BCUT2D eigenvalue weighted by Gasteiger charge is 2.15. The molecule has 0 atom stereocenters. The van der Waals surface area contributed by atoms with Crippen LogP contribution in [0.1, 0.15) is 11.5 Å². The molecule has 8 heteroatoms. The molecule has 18 heavy (non-hydrogen) atoms. The topological polar surface area (TPSA) is 85.1 Å². The number of hydrogen-bond acceptors (Lipinski definition) is 5. The number of halogens is 1. The number of aryl methyl sites for hydroxylation is 1. The van der Waals surface area contributed by atoms with Crippen molar-refractivity contribution in [2.24, 2.45) is 0 Å². The monoisotopic (exact) mass is 287 g/mol. The molecule has 2 aromatic heterocycles. The van der Waals surface area contributed by atoms with Gasteiger partial charge in [0.2, 0.25) is 10.0 Å². The lowest BCUT2D eigenvalue weighted by molar-refractivity contribution is 0.392. The largest absolute Gasteiger partial charge is 0.361 e. The molecule has 1 N–H and O–H groups in total. The van der Waals surface area contributed by atoms with Gasteiger partial charge in [-0.2, -0.15) is 0 Å². The normalized spacial score (nSPS) is 11.4. The molecule has 2 aromatic rings. The van der Waals surface area contributed by atoms with Crippen LogP contribution in [0.5, 0.6) is 0 Å². The lowest BCUT2D eigenvalue weighted by Crippen LogP contribution is -2.16. The van der Waals surface area contributed by atoms with E-state index in [2.05, 4.69) is 14.9 Å². The highest BCUT2D eigenvalue weighted by atomic mass is 35.5. The van der Waals surface area contributed by atoms with Gasteiger partial charge in [-0.1, -0.05) is 16.8 Å². The molecule has 0 unspecified atom stereocenters. The first-order valence-corrected chi connectivity index (χ1v) is 7.02. The Balaban J connectivity index is 2.12. The molecule has 6 nitrogen and oxygen atoms in total. The molecule has 0 aliphatic carbocycles. The van der Waals surface area contributed by atoms with E-state index in [1.807, 2.05) is 0 Å². The molecule has 2 rings (SSSR count). The predicted molar refractivity (Wildman–Crippen MR) is 66.7 cm³/mol. The zero-order valence-electron chi connectivity index (χ0n) is 9.42. The molecular weight excluding hydrogens is 278 g/mol. The van der Waals surface area contributed by atoms with Crippen molar-refractivity contribution in [1.29, 1.82) is 0 Å². The number of nitrogens with zero attached hydrogens (tertiary/aromatic N) is 2. The average Bonchev–Trinajstić information content (AvgIpc) is 2.62. The Labute approximate surface area is 109 Å². The summed E-state index contributed by atoms with van der Waals surface area (Å²) in [6.07, 6.45) is 1.42. The molecule has 0 fully saturated rings. The van der Waals surface area contributed by atoms with Crippen LogP contribution in [0.4, 0.5) is 5.82 Å². The van der Waals surface area contributed by atoms with Crippen molar-refractivity contribution in [3.63, 3.8) is 0 Å². The molecule has 0 aromatic carbocycles. The van der Waals surface area contributed by atoms with E-state index in [-0.39, 0.29) is 11.6 Å². The van der Waals surface area contributed by atoms with Crippen LogP contribution in [-0.2, 0) is 15.8 Å². The van der Waals surface area contributed by atoms with E-state index >= 15 is 0 Å². The number of sulfonamides is 1. The van der Waals surface area contributed by atoms with Crippen molar-refractivity contribution >= 4 is 27.4 Å². The van der Waals surface area contributed by atoms with Gasteiger partial charge in [0.1, 0.15) is 23.0 Å². The van der Waals surface area contributed by atoms with Gasteiger partial charge in [-0.25, -0.2) is 13.4 Å². The third kappa shape index (κ3) is 3.44. The smallest absolute Gasteiger partial charge is 0.239 e. The maximum absolute atomic E-state index is 11.8. The van der Waals surface area contributed by atoms with Gasteiger partial charge < -0.3 is 4.52 Å². The quantitative estimate of drug-likeness (QED) is 0.929. The predicted octanol–water partition coefficient (Wildman–Crippen LogP) is 1.97. The summed E-state index contributed by atoms with van der Waals surface area (Å²) >= 11 is 5.74. The van der Waals surface area contributed by atoms with Crippen molar-refractivity contribution in [3.8, 4) is 0 Å². The second-order valence-electron chi connectivity index (χ2n) is 3.65. The fourth-order valence-electron chi connectivity index (χ4n) is 1.34. The molecule has 96 valence electrons. The highest BCUT2D eigenvalue weighted by Crippen LogP contribution is 2.14. The summed E-state index contributed by atoms with van der Waals surface area (Å²) in [5, 5.41) is 4.02. The summed E-state index contributed by atoms with van der Waals surface area (Å²) in [5.41, 5.74) is 0.335. The fraction of sp³-hybridized carbons (Fsp3) is 0.200. The van der Waals surface area contributed by atoms with Crippen LogP contribution in [0, 0.1) is 6.92 Å². The highest BCUT2D eigenvalue weighted by molar-refractivity contribution is 7.91. The Morgan fingerprint density at radius 3 is 2.83 bits per heavy atom. The molecule has 0 aliphatic heterocycles. The molecule has 0 radical (unpaired) electrons. The molecular formula is C10H10ClN3O3S. The van der Waals surface area contributed by atoms with E-state index in [0.717, 1.165) is 0 Å². The first kappa shape index (κ1) is 12.8. The van der Waals surface area contributed by atoms with Crippen molar-refractivity contribution in [1.82, 2.24) is 10.1 Å². The van der Waals surface area contributed by atoms with Crippen molar-refractivity contribution in [2.75, 3.05) is 4.72 Å². The first-order chi connectivity index (χ1) is 8.44. The van der Waals surface area contributed by atoms with Crippen LogP contribution in [-0.4, -0.2) is 18.6 Å². The van der Waals surface area contributed by atoms with Crippen molar-refractivity contribution in [3.05, 3.63) is 40.9 Å². The second-order valence-corrected chi connectivity index (χ2v) is 5.81. The number of rotatable bonds is 4. The summed E-state index contributed by atoms with van der Waals surface area (Å²) in [4.78, 5) is 3.85. The van der Waals surface area contributed by atoms with Gasteiger partial charge in [-0.15, -0.1) is 0 Å². The third-order valence-electron chi connectivity index (χ3n) is 2.00. The maximum atomic E-state index is 11.8. The number of hydrogen-bond donors (Lipinski definition) is 1. The van der Waals surface area contributed by atoms with E-state index in [4.69, 9.17) is 16.1 Å². The summed E-state index contributed by atoms with van der Waals surface area (Å²) in [7, 11) is -3.58. The Hall–Kier alpha value is -1.60. The molecule has 0 bridgehead atoms. The fourth-order valence-corrected chi connectivity index (χ4v) is 2.52. The minimum absolute atomic E-state index is 0.169. The summed E-state index contributed by atoms with van der Waals surface area (Å²) in [6, 6.07) is 4.54. The molecule has 2 heterocycles. The Morgan fingerprint density at radius 1 is 1.44 bits per heavy atom. The molecule has 0 saturated carbocycles. The maximum Gasteiger partial charge on any atom is 0.239 e. The summed E-state index contributed by atoms with van der Waals surface area (Å²) in [5.74, 6) is 0.447. The number of pyridine rings is 1. The third-order valence-corrected chi connectivity index (χ3v) is 3.43. The van der Waals surface area contributed by atoms with E-state index in [1.54, 1.807) is 19.1 Å². The van der Waals surface area contributed by atoms with Crippen LogP contribution in [0.15, 0.2) is 28.9 Å². The minimum Gasteiger partial charge on any atom is -0.361 e. The van der Waals surface area contributed by atoms with Crippen LogP contribution >= 0.6 is 11.6 Å². The minimum atomic E-state index is -3.58. The van der Waals surface area contributed by atoms with Gasteiger partial charge in [-0.05, 0) is 13.0 Å². The Morgan fingerprint density at radius 2 is 2.22 bits per heavy atom. The zero-order chi connectivity index (χ0) is 13.2. The van der Waals surface area contributed by atoms with Crippen LogP contribution in [0.3, 0.4) is 0 Å². The number of aromatic nitrogens is 2. The Kier molecular flexibility index (Phi) is 3.53. The number of nitrogens with one attached hydrogen (secondary N) is 1. The van der Waals surface area contributed by atoms with E-state index in [9.17, 15) is 8.42 Å². The van der Waals surface area contributed by atoms with E-state index in [0.29, 0.717) is 16.5 Å². The van der Waals surface area contributed by atoms with E-state index < -0.39 is 10.0 Å². The van der Waals surface area contributed by atoms with Crippen molar-refractivity contribution < 1.29 is 12.9 Å². The average molecular weight is 288 g/mol. The molecule has 0 amide bonds. The SMILES string of the molecule is Cc1cc(CS(=O)(=O)Nc2cc(Cl)ccn2)no1. The molecule has 0 aliphatic rings. The van der Waals surface area contributed by atoms with E-state index in [1.165, 1.54) is 12.3 Å². The van der Waals surface area contributed by atoms with Crippen LogP contribution in [0.2, 0.25) is 5.02 Å². The molecule has 0 spiro atoms. The molecule has 0 saturated heterocycles. The second kappa shape index (κ2) is 4.95. The standard InChI is InChI=1S/C10H10ClN3O3S/c1-7-4-9(13-17-7)6-18(15,16)14-10-5-8(11)2-3-12-10/h2-5H,6H2,1H3,(H,12,14). The number of anilines is 1. The summed E-state index contributed by atoms with van der Waals surface area (Å²) < 4.78 is 30.7. The van der Waals surface area contributed by atoms with Gasteiger partial charge >= 0.3 is 0 Å². The van der Waals surface area contributed by atoms with Gasteiger partial charge in [0.15, 0.2) is 0 Å². The van der Waals surface area contributed by atoms with Gasteiger partial charge in [-0.3, -0.25) is 4.72 Å². The lowest BCUT2D eigenvalue weighted by Gasteiger charge is -2.05. The lowest BCUT2D eigenvalue weighted by atomic mass is 10.4.